The van der Waals surface area contributed by atoms with E-state index in [0.717, 1.165) is 0 Å². The van der Waals surface area contributed by atoms with E-state index in [2.05, 4.69) is 79.7 Å². The Morgan fingerprint density at radius 1 is 0.762 bits per heavy atom. The zero-order chi connectivity index (χ0) is 14.5. The van der Waals surface area contributed by atoms with E-state index in [0.29, 0.717) is 6.71 Å². The summed E-state index contributed by atoms with van der Waals surface area (Å²) in [5.74, 6) is 0. The minimum Gasteiger partial charge on any atom is -0.0741 e. The highest BCUT2D eigenvalue weighted by molar-refractivity contribution is 6.86. The summed E-state index contributed by atoms with van der Waals surface area (Å²) in [6.45, 7) is 2.77. The number of hydrogen-bond acceptors (Lipinski definition) is 0. The highest BCUT2D eigenvalue weighted by atomic mass is 14.0. The Morgan fingerprint density at radius 3 is 2.29 bits per heavy atom. The Kier molecular flexibility index (Phi) is 4.40. The van der Waals surface area contributed by atoms with Crippen molar-refractivity contribution in [2.45, 2.75) is 26.1 Å². The van der Waals surface area contributed by atoms with Crippen molar-refractivity contribution in [1.29, 1.82) is 0 Å². The van der Waals surface area contributed by atoms with Gasteiger partial charge in [-0.2, -0.15) is 0 Å². The number of fused-ring (bicyclic) bond motifs is 1. The molecule has 104 valence electrons. The lowest BCUT2D eigenvalue weighted by molar-refractivity contribution is 0.878. The molecule has 1 heteroatoms. The minimum absolute atomic E-state index is 0.497. The minimum atomic E-state index is 0.497. The van der Waals surface area contributed by atoms with Gasteiger partial charge in [0.2, 0.25) is 6.71 Å². The summed E-state index contributed by atoms with van der Waals surface area (Å²) in [5, 5.41) is 2.73. The van der Waals surface area contributed by atoms with Crippen molar-refractivity contribution in [2.75, 3.05) is 0 Å². The van der Waals surface area contributed by atoms with Crippen LogP contribution in [0.5, 0.6) is 0 Å². The van der Waals surface area contributed by atoms with Gasteiger partial charge in [0.05, 0.1) is 0 Å². The SMILES string of the molecule is CCCCB(c1ccccc1)c1cccc2ccccc12. The lowest BCUT2D eigenvalue weighted by Gasteiger charge is -2.17. The average molecular weight is 272 g/mol. The van der Waals surface area contributed by atoms with Gasteiger partial charge in [0.1, 0.15) is 0 Å². The fourth-order valence-corrected chi connectivity index (χ4v) is 3.15. The molecule has 0 aliphatic rings. The van der Waals surface area contributed by atoms with Crippen LogP contribution in [0, 0.1) is 0 Å². The summed E-state index contributed by atoms with van der Waals surface area (Å²) < 4.78 is 0. The van der Waals surface area contributed by atoms with E-state index >= 15 is 0 Å². The molecule has 0 bridgehead atoms. The highest BCUT2D eigenvalue weighted by Crippen LogP contribution is 2.14. The normalized spacial score (nSPS) is 10.7. The summed E-state index contributed by atoms with van der Waals surface area (Å²) in [7, 11) is 0. The first-order chi connectivity index (χ1) is 10.4. The second kappa shape index (κ2) is 6.63. The van der Waals surface area contributed by atoms with Crippen LogP contribution in [0.15, 0.2) is 72.8 Å². The third-order valence-corrected chi connectivity index (χ3v) is 4.25. The predicted molar refractivity (Wildman–Crippen MR) is 95.1 cm³/mol. The smallest absolute Gasteiger partial charge is 0.0741 e. The van der Waals surface area contributed by atoms with Crippen LogP contribution in [-0.2, 0) is 0 Å². The molecule has 0 radical (unpaired) electrons. The molecule has 0 heterocycles. The molecule has 0 saturated carbocycles. The maximum atomic E-state index is 2.30. The second-order valence-electron chi connectivity index (χ2n) is 5.67. The fourth-order valence-electron chi connectivity index (χ4n) is 3.15. The van der Waals surface area contributed by atoms with Crippen molar-refractivity contribution in [3.05, 3.63) is 72.8 Å². The number of hydrogen-bond donors (Lipinski definition) is 0. The Labute approximate surface area is 127 Å². The highest BCUT2D eigenvalue weighted by Gasteiger charge is 2.20. The van der Waals surface area contributed by atoms with Crippen molar-refractivity contribution >= 4 is 28.4 Å². The Morgan fingerprint density at radius 2 is 1.48 bits per heavy atom. The van der Waals surface area contributed by atoms with Gasteiger partial charge in [-0.05, 0) is 10.8 Å². The van der Waals surface area contributed by atoms with Gasteiger partial charge in [-0.15, -0.1) is 0 Å². The topological polar surface area (TPSA) is 0 Å². The van der Waals surface area contributed by atoms with E-state index in [1.165, 1.54) is 40.9 Å². The van der Waals surface area contributed by atoms with Crippen LogP contribution in [0.1, 0.15) is 19.8 Å². The van der Waals surface area contributed by atoms with E-state index in [9.17, 15) is 0 Å². The van der Waals surface area contributed by atoms with Gasteiger partial charge in [0, 0.05) is 0 Å². The molecule has 3 aromatic carbocycles. The van der Waals surface area contributed by atoms with Gasteiger partial charge >= 0.3 is 0 Å². The Balaban J connectivity index is 2.10. The number of unbranched alkanes of at least 4 members (excludes halogenated alkanes) is 1. The predicted octanol–water partition coefficient (Wildman–Crippen LogP) is 4.25. The molecular formula is C20H21B. The zero-order valence-electron chi connectivity index (χ0n) is 12.6. The second-order valence-corrected chi connectivity index (χ2v) is 5.67. The van der Waals surface area contributed by atoms with Crippen molar-refractivity contribution in [2.24, 2.45) is 0 Å². The van der Waals surface area contributed by atoms with Gasteiger partial charge in [-0.1, -0.05) is 110 Å². The van der Waals surface area contributed by atoms with Crippen LogP contribution in [0.2, 0.25) is 6.32 Å². The molecule has 0 aliphatic carbocycles. The average Bonchev–Trinajstić information content (AvgIpc) is 2.56. The molecule has 0 fully saturated rings. The quantitative estimate of drug-likeness (QED) is 0.609. The lowest BCUT2D eigenvalue weighted by Crippen LogP contribution is -2.42. The summed E-state index contributed by atoms with van der Waals surface area (Å²) in [6.07, 6.45) is 3.73. The van der Waals surface area contributed by atoms with E-state index in [1.54, 1.807) is 0 Å². The molecule has 21 heavy (non-hydrogen) atoms. The molecule has 0 amide bonds. The molecule has 0 spiro atoms. The molecule has 0 saturated heterocycles. The van der Waals surface area contributed by atoms with E-state index in [4.69, 9.17) is 0 Å². The van der Waals surface area contributed by atoms with Gasteiger partial charge in [0.25, 0.3) is 0 Å². The first kappa shape index (κ1) is 13.9. The van der Waals surface area contributed by atoms with Crippen LogP contribution in [0.4, 0.5) is 0 Å². The van der Waals surface area contributed by atoms with Gasteiger partial charge in [-0.25, -0.2) is 0 Å². The lowest BCUT2D eigenvalue weighted by atomic mass is 9.37. The maximum absolute atomic E-state index is 2.30. The maximum Gasteiger partial charge on any atom is 0.210 e. The third-order valence-electron chi connectivity index (χ3n) is 4.25. The van der Waals surface area contributed by atoms with Crippen LogP contribution in [-0.4, -0.2) is 6.71 Å². The standard InChI is InChI=1S/C20H21B/c1-2-3-16-21(18-12-5-4-6-13-18)20-15-9-11-17-10-7-8-14-19(17)20/h4-15H,2-3,16H2,1H3. The number of rotatable bonds is 5. The Bertz CT molecular complexity index is 698. The van der Waals surface area contributed by atoms with Gasteiger partial charge in [0.15, 0.2) is 0 Å². The van der Waals surface area contributed by atoms with Gasteiger partial charge < -0.3 is 0 Å². The zero-order valence-corrected chi connectivity index (χ0v) is 12.6. The molecule has 0 aromatic heterocycles. The van der Waals surface area contributed by atoms with Crippen molar-refractivity contribution < 1.29 is 0 Å². The van der Waals surface area contributed by atoms with Crippen molar-refractivity contribution in [3.63, 3.8) is 0 Å². The molecule has 0 unspecified atom stereocenters. The van der Waals surface area contributed by atoms with E-state index < -0.39 is 0 Å². The molecule has 0 nitrogen and oxygen atoms in total. The molecule has 3 aromatic rings. The molecule has 0 N–H and O–H groups in total. The summed E-state index contributed by atoms with van der Waals surface area (Å²) in [5.41, 5.74) is 2.90. The first-order valence-corrected chi connectivity index (χ1v) is 7.92. The largest absolute Gasteiger partial charge is 0.210 e. The van der Waals surface area contributed by atoms with Crippen molar-refractivity contribution in [1.82, 2.24) is 0 Å². The first-order valence-electron chi connectivity index (χ1n) is 7.92. The molecule has 3 rings (SSSR count). The third kappa shape index (κ3) is 3.02. The summed E-state index contributed by atoms with van der Waals surface area (Å²) in [6, 6.07) is 26.4. The number of benzene rings is 3. The monoisotopic (exact) mass is 272 g/mol. The molecule has 0 aliphatic heterocycles. The van der Waals surface area contributed by atoms with Crippen LogP contribution >= 0.6 is 0 Å². The fraction of sp³-hybridized carbons (Fsp3) is 0.200. The van der Waals surface area contributed by atoms with Crippen molar-refractivity contribution in [3.8, 4) is 0 Å². The van der Waals surface area contributed by atoms with Crippen LogP contribution in [0.3, 0.4) is 0 Å². The van der Waals surface area contributed by atoms with E-state index in [-0.39, 0.29) is 0 Å². The Hall–Kier alpha value is -2.02. The molecular weight excluding hydrogens is 251 g/mol. The van der Waals surface area contributed by atoms with Crippen LogP contribution in [0.25, 0.3) is 10.8 Å². The summed E-state index contributed by atoms with van der Waals surface area (Å²) in [4.78, 5) is 0. The molecule has 0 atom stereocenters. The van der Waals surface area contributed by atoms with Crippen LogP contribution < -0.4 is 10.9 Å². The van der Waals surface area contributed by atoms with Gasteiger partial charge in [-0.3, -0.25) is 0 Å². The summed E-state index contributed by atoms with van der Waals surface area (Å²) >= 11 is 0. The van der Waals surface area contributed by atoms with E-state index in [1.807, 2.05) is 0 Å².